The van der Waals surface area contributed by atoms with Gasteiger partial charge in [-0.05, 0) is 45.6 Å². The van der Waals surface area contributed by atoms with Crippen LogP contribution in [0.15, 0.2) is 30.6 Å². The molecule has 0 bridgehead atoms. The van der Waals surface area contributed by atoms with Crippen LogP contribution in [-0.2, 0) is 25.4 Å². The van der Waals surface area contributed by atoms with Crippen LogP contribution in [0.25, 0.3) is 0 Å². The number of ether oxygens (including phenoxy) is 1. The monoisotopic (exact) mass is 427 g/mol. The van der Waals surface area contributed by atoms with Gasteiger partial charge in [-0.3, -0.25) is 9.78 Å². The van der Waals surface area contributed by atoms with E-state index in [1.807, 2.05) is 27.7 Å². The van der Waals surface area contributed by atoms with Gasteiger partial charge in [0.05, 0.1) is 42.3 Å². The van der Waals surface area contributed by atoms with Crippen LogP contribution >= 0.6 is 0 Å². The number of halogens is 1. The molecule has 0 unspecified atom stereocenters. The summed E-state index contributed by atoms with van der Waals surface area (Å²) in [5, 5.41) is 3.10. The summed E-state index contributed by atoms with van der Waals surface area (Å²) >= 11 is 0. The highest BCUT2D eigenvalue weighted by Crippen LogP contribution is 2.47. The molecule has 9 heteroatoms. The minimum Gasteiger partial charge on any atom is -0.469 e. The Morgan fingerprint density at radius 3 is 2.55 bits per heavy atom. The SMILES string of the molecule is COC(=O)[C@@H]1C[C@H]1c1cnc(NCc2cc(B3OC(C)(C)C(C)(C)O3)ccc2F)cn1. The van der Waals surface area contributed by atoms with Crippen molar-refractivity contribution in [1.82, 2.24) is 9.97 Å². The van der Waals surface area contributed by atoms with Crippen LogP contribution in [0.1, 0.15) is 51.3 Å². The Kier molecular flexibility index (Phi) is 5.51. The molecule has 31 heavy (non-hydrogen) atoms. The van der Waals surface area contributed by atoms with Gasteiger partial charge in [0, 0.05) is 18.0 Å². The van der Waals surface area contributed by atoms with Crippen LogP contribution in [0.2, 0.25) is 0 Å². The van der Waals surface area contributed by atoms with E-state index < -0.39 is 18.3 Å². The second-order valence-electron chi connectivity index (χ2n) is 9.09. The van der Waals surface area contributed by atoms with Gasteiger partial charge >= 0.3 is 13.1 Å². The van der Waals surface area contributed by atoms with Crippen LogP contribution in [0, 0.1) is 11.7 Å². The van der Waals surface area contributed by atoms with Gasteiger partial charge < -0.3 is 19.4 Å². The average Bonchev–Trinajstić information content (AvgIpc) is 3.49. The van der Waals surface area contributed by atoms with Crippen molar-refractivity contribution in [2.24, 2.45) is 5.92 Å². The van der Waals surface area contributed by atoms with Gasteiger partial charge in [-0.25, -0.2) is 9.37 Å². The van der Waals surface area contributed by atoms with Crippen LogP contribution < -0.4 is 10.8 Å². The number of carbonyl (C=O) groups is 1. The van der Waals surface area contributed by atoms with Crippen molar-refractivity contribution in [2.75, 3.05) is 12.4 Å². The fraction of sp³-hybridized carbons (Fsp3) is 0.500. The predicted octanol–water partition coefficient (Wildman–Crippen LogP) is 2.80. The fourth-order valence-electron chi connectivity index (χ4n) is 3.60. The second kappa shape index (κ2) is 7.87. The predicted molar refractivity (Wildman–Crippen MR) is 114 cm³/mol. The first kappa shape index (κ1) is 21.7. The molecule has 2 atom stereocenters. The molecule has 2 aliphatic rings. The highest BCUT2D eigenvalue weighted by molar-refractivity contribution is 6.62. The summed E-state index contributed by atoms with van der Waals surface area (Å²) in [6.45, 7) is 8.17. The van der Waals surface area contributed by atoms with E-state index in [9.17, 15) is 9.18 Å². The first-order valence-electron chi connectivity index (χ1n) is 10.4. The normalized spacial score (nSPS) is 23.5. The van der Waals surface area contributed by atoms with E-state index in [2.05, 4.69) is 15.3 Å². The maximum absolute atomic E-state index is 14.4. The van der Waals surface area contributed by atoms with Gasteiger partial charge in [0.25, 0.3) is 0 Å². The lowest BCUT2D eigenvalue weighted by Gasteiger charge is -2.32. The molecule has 1 saturated heterocycles. The number of benzene rings is 1. The molecule has 1 aliphatic heterocycles. The van der Waals surface area contributed by atoms with Crippen LogP contribution in [-0.4, -0.2) is 41.4 Å². The topological polar surface area (TPSA) is 82.6 Å². The lowest BCUT2D eigenvalue weighted by atomic mass is 9.78. The van der Waals surface area contributed by atoms with Crippen molar-refractivity contribution in [2.45, 2.75) is 57.8 Å². The van der Waals surface area contributed by atoms with E-state index in [4.69, 9.17) is 14.0 Å². The lowest BCUT2D eigenvalue weighted by molar-refractivity contribution is -0.142. The number of rotatable bonds is 6. The molecule has 2 aromatic rings. The highest BCUT2D eigenvalue weighted by Gasteiger charge is 2.51. The van der Waals surface area contributed by atoms with E-state index in [-0.39, 0.29) is 30.2 Å². The summed E-state index contributed by atoms with van der Waals surface area (Å²) < 4.78 is 31.3. The molecule has 1 saturated carbocycles. The van der Waals surface area contributed by atoms with Crippen molar-refractivity contribution >= 4 is 24.4 Å². The molecule has 1 aliphatic carbocycles. The summed E-state index contributed by atoms with van der Waals surface area (Å²) in [6.07, 6.45) is 3.97. The molecule has 1 aromatic heterocycles. The Hall–Kier alpha value is -2.52. The highest BCUT2D eigenvalue weighted by atomic mass is 19.1. The van der Waals surface area contributed by atoms with E-state index in [0.717, 1.165) is 17.6 Å². The first-order chi connectivity index (χ1) is 14.6. The third-order valence-electron chi connectivity index (χ3n) is 6.40. The molecule has 2 fully saturated rings. The number of anilines is 1. The Morgan fingerprint density at radius 1 is 1.23 bits per heavy atom. The number of nitrogens with zero attached hydrogens (tertiary/aromatic N) is 2. The number of methoxy groups -OCH3 is 1. The van der Waals surface area contributed by atoms with Crippen molar-refractivity contribution in [3.8, 4) is 0 Å². The van der Waals surface area contributed by atoms with Crippen molar-refractivity contribution < 1.29 is 23.2 Å². The van der Waals surface area contributed by atoms with Crippen molar-refractivity contribution in [3.05, 3.63) is 47.7 Å². The third kappa shape index (κ3) is 4.29. The molecule has 0 amide bonds. The molecule has 0 spiro atoms. The van der Waals surface area contributed by atoms with Gasteiger partial charge in [0.15, 0.2) is 0 Å². The van der Waals surface area contributed by atoms with Crippen molar-refractivity contribution in [1.29, 1.82) is 0 Å². The van der Waals surface area contributed by atoms with E-state index in [1.54, 1.807) is 24.5 Å². The summed E-state index contributed by atoms with van der Waals surface area (Å²) in [6, 6.07) is 4.85. The number of hydrogen-bond acceptors (Lipinski definition) is 7. The summed E-state index contributed by atoms with van der Waals surface area (Å²) in [5.41, 5.74) is 1.08. The van der Waals surface area contributed by atoms with E-state index in [1.165, 1.54) is 13.2 Å². The molecule has 0 radical (unpaired) electrons. The van der Waals surface area contributed by atoms with Gasteiger partial charge in [0.1, 0.15) is 11.6 Å². The third-order valence-corrected chi connectivity index (χ3v) is 6.40. The molecular weight excluding hydrogens is 400 g/mol. The summed E-state index contributed by atoms with van der Waals surface area (Å²) in [7, 11) is 0.835. The smallest absolute Gasteiger partial charge is 0.469 e. The minimum atomic E-state index is -0.551. The van der Waals surface area contributed by atoms with Gasteiger partial charge in [-0.1, -0.05) is 12.1 Å². The van der Waals surface area contributed by atoms with Crippen LogP contribution in [0.5, 0.6) is 0 Å². The standard InChI is InChI=1S/C22H27BFN3O4/c1-21(2)22(3,4)31-23(30-21)14-6-7-17(24)13(8-14)10-26-19-12-25-18(11-27-19)15-9-16(15)20(28)29-5/h6-8,11-12,15-16H,9-10H2,1-5H3,(H,26,27)/t15-,16-/m1/s1. The minimum absolute atomic E-state index is 0.0584. The maximum Gasteiger partial charge on any atom is 0.494 e. The van der Waals surface area contributed by atoms with Gasteiger partial charge in [-0.2, -0.15) is 0 Å². The average molecular weight is 427 g/mol. The van der Waals surface area contributed by atoms with Gasteiger partial charge in [0.2, 0.25) is 0 Å². The van der Waals surface area contributed by atoms with Crippen LogP contribution in [0.4, 0.5) is 10.2 Å². The van der Waals surface area contributed by atoms with Crippen LogP contribution in [0.3, 0.4) is 0 Å². The largest absolute Gasteiger partial charge is 0.494 e. The molecule has 164 valence electrons. The quantitative estimate of drug-likeness (QED) is 0.561. The maximum atomic E-state index is 14.4. The fourth-order valence-corrected chi connectivity index (χ4v) is 3.60. The Balaban J connectivity index is 1.40. The number of hydrogen-bond donors (Lipinski definition) is 1. The number of carbonyl (C=O) groups excluding carboxylic acids is 1. The number of esters is 1. The molecule has 1 aromatic carbocycles. The number of nitrogens with one attached hydrogen (secondary N) is 1. The Labute approximate surface area is 181 Å². The first-order valence-corrected chi connectivity index (χ1v) is 10.4. The van der Waals surface area contributed by atoms with E-state index >= 15 is 0 Å². The molecular formula is C22H27BFN3O4. The summed E-state index contributed by atoms with van der Waals surface area (Å²) in [4.78, 5) is 20.3. The van der Waals surface area contributed by atoms with E-state index in [0.29, 0.717) is 11.4 Å². The molecule has 2 heterocycles. The van der Waals surface area contributed by atoms with Gasteiger partial charge in [-0.15, -0.1) is 0 Å². The second-order valence-corrected chi connectivity index (χ2v) is 9.09. The zero-order valence-corrected chi connectivity index (χ0v) is 18.4. The zero-order chi connectivity index (χ0) is 22.4. The number of aromatic nitrogens is 2. The summed E-state index contributed by atoms with van der Waals surface area (Å²) in [5.74, 6) is -0.0879. The molecule has 4 rings (SSSR count). The Morgan fingerprint density at radius 2 is 1.94 bits per heavy atom. The Bertz CT molecular complexity index is 967. The van der Waals surface area contributed by atoms with Crippen molar-refractivity contribution in [3.63, 3.8) is 0 Å². The zero-order valence-electron chi connectivity index (χ0n) is 18.4. The molecule has 7 nitrogen and oxygen atoms in total. The lowest BCUT2D eigenvalue weighted by Crippen LogP contribution is -2.41. The molecule has 1 N–H and O–H groups in total.